The average Bonchev–Trinajstić information content (AvgIpc) is 2.23. The Balaban J connectivity index is 2.45. The van der Waals surface area contributed by atoms with Crippen molar-refractivity contribution in [3.8, 4) is 17.0 Å². The largest absolute Gasteiger partial charge is 0.505 e. The van der Waals surface area contributed by atoms with E-state index in [1.54, 1.807) is 18.2 Å². The molecule has 0 aliphatic carbocycles. The van der Waals surface area contributed by atoms with Gasteiger partial charge in [0.2, 0.25) is 0 Å². The molecule has 4 heteroatoms. The van der Waals surface area contributed by atoms with Crippen LogP contribution < -0.4 is 0 Å². The number of aromatic nitrogens is 1. The minimum absolute atomic E-state index is 0.368. The highest BCUT2D eigenvalue weighted by Gasteiger charge is 2.04. The topological polar surface area (TPSA) is 33.1 Å². The van der Waals surface area contributed by atoms with Crippen LogP contribution in [0.25, 0.3) is 11.3 Å². The van der Waals surface area contributed by atoms with Gasteiger partial charge in [0.1, 0.15) is 0 Å². The van der Waals surface area contributed by atoms with Gasteiger partial charge in [0.05, 0.1) is 10.7 Å². The number of hydrogen-bond donors (Lipinski definition) is 1. The molecule has 0 aliphatic heterocycles. The Labute approximate surface area is 91.0 Å². The molecule has 2 aromatic rings. The minimum atomic E-state index is -0.663. The van der Waals surface area contributed by atoms with Crippen LogP contribution in [0.3, 0.4) is 0 Å². The molecule has 15 heavy (non-hydrogen) atoms. The van der Waals surface area contributed by atoms with Gasteiger partial charge in [-0.05, 0) is 30.3 Å². The normalized spacial score (nSPS) is 10.3. The standard InChI is InChI=1S/C11H7ClFNO/c12-8-2-3-10(14-6-8)7-1-4-11(15)9(13)5-7/h1-6,15H. The second kappa shape index (κ2) is 3.87. The SMILES string of the molecule is Oc1ccc(-c2ccc(Cl)cn2)cc1F. The molecule has 0 amide bonds. The third kappa shape index (κ3) is 2.07. The highest BCUT2D eigenvalue weighted by Crippen LogP contribution is 2.23. The van der Waals surface area contributed by atoms with Crippen LogP contribution in [0, 0.1) is 5.82 Å². The van der Waals surface area contributed by atoms with Gasteiger partial charge in [-0.3, -0.25) is 4.98 Å². The number of phenolic OH excluding ortho intramolecular Hbond substituents is 1. The van der Waals surface area contributed by atoms with Gasteiger partial charge in [-0.2, -0.15) is 0 Å². The third-order valence-electron chi connectivity index (χ3n) is 1.97. The molecule has 76 valence electrons. The number of hydrogen-bond acceptors (Lipinski definition) is 2. The zero-order valence-electron chi connectivity index (χ0n) is 7.61. The van der Waals surface area contributed by atoms with Crippen molar-refractivity contribution in [3.63, 3.8) is 0 Å². The third-order valence-corrected chi connectivity index (χ3v) is 2.19. The number of benzene rings is 1. The van der Waals surface area contributed by atoms with Crippen molar-refractivity contribution >= 4 is 11.6 Å². The quantitative estimate of drug-likeness (QED) is 0.805. The van der Waals surface area contributed by atoms with E-state index in [1.807, 2.05) is 0 Å². The smallest absolute Gasteiger partial charge is 0.165 e. The molecule has 0 aliphatic rings. The van der Waals surface area contributed by atoms with Crippen LogP contribution in [0.1, 0.15) is 0 Å². The highest BCUT2D eigenvalue weighted by atomic mass is 35.5. The number of aromatic hydroxyl groups is 1. The van der Waals surface area contributed by atoms with Crippen LogP contribution in [0.15, 0.2) is 36.5 Å². The van der Waals surface area contributed by atoms with Crippen molar-refractivity contribution in [2.24, 2.45) is 0 Å². The maximum absolute atomic E-state index is 13.0. The second-order valence-corrected chi connectivity index (χ2v) is 3.46. The summed E-state index contributed by atoms with van der Waals surface area (Å²) in [5.41, 5.74) is 1.21. The Morgan fingerprint density at radius 2 is 2.00 bits per heavy atom. The number of nitrogens with zero attached hydrogens (tertiary/aromatic N) is 1. The highest BCUT2D eigenvalue weighted by molar-refractivity contribution is 6.30. The molecule has 1 N–H and O–H groups in total. The second-order valence-electron chi connectivity index (χ2n) is 3.03. The molecule has 2 nitrogen and oxygen atoms in total. The lowest BCUT2D eigenvalue weighted by Gasteiger charge is -2.01. The molecule has 0 unspecified atom stereocenters. The van der Waals surface area contributed by atoms with Gasteiger partial charge in [0.25, 0.3) is 0 Å². The van der Waals surface area contributed by atoms with Crippen LogP contribution >= 0.6 is 11.6 Å². The van der Waals surface area contributed by atoms with Gasteiger partial charge >= 0.3 is 0 Å². The number of halogens is 2. The molecule has 0 fully saturated rings. The fraction of sp³-hybridized carbons (Fsp3) is 0. The van der Waals surface area contributed by atoms with Crippen molar-refractivity contribution in [1.29, 1.82) is 0 Å². The van der Waals surface area contributed by atoms with Gasteiger partial charge < -0.3 is 5.11 Å². The summed E-state index contributed by atoms with van der Waals surface area (Å²) in [5, 5.41) is 9.54. The van der Waals surface area contributed by atoms with Crippen LogP contribution in [-0.2, 0) is 0 Å². The fourth-order valence-corrected chi connectivity index (χ4v) is 1.32. The lowest BCUT2D eigenvalue weighted by molar-refractivity contribution is 0.432. The molecule has 0 bridgehead atoms. The first-order valence-electron chi connectivity index (χ1n) is 4.27. The van der Waals surface area contributed by atoms with Gasteiger partial charge in [-0.15, -0.1) is 0 Å². The van der Waals surface area contributed by atoms with Gasteiger partial charge in [0, 0.05) is 11.8 Å². The summed E-state index contributed by atoms with van der Waals surface area (Å²) >= 11 is 5.68. The first-order valence-corrected chi connectivity index (χ1v) is 4.65. The van der Waals surface area contributed by atoms with E-state index in [1.165, 1.54) is 18.3 Å². The Morgan fingerprint density at radius 3 is 2.60 bits per heavy atom. The van der Waals surface area contributed by atoms with Gasteiger partial charge in [-0.25, -0.2) is 4.39 Å². The summed E-state index contributed by atoms with van der Waals surface area (Å²) in [7, 11) is 0. The molecule has 0 radical (unpaired) electrons. The lowest BCUT2D eigenvalue weighted by Crippen LogP contribution is -1.84. The van der Waals surface area contributed by atoms with Crippen molar-refractivity contribution in [2.45, 2.75) is 0 Å². The maximum Gasteiger partial charge on any atom is 0.165 e. The number of rotatable bonds is 1. The maximum atomic E-state index is 13.0. The Hall–Kier alpha value is -1.61. The first-order chi connectivity index (χ1) is 7.16. The summed E-state index contributed by atoms with van der Waals surface area (Å²) in [5.74, 6) is -1.03. The van der Waals surface area contributed by atoms with Crippen molar-refractivity contribution in [2.75, 3.05) is 0 Å². The molecule has 0 atom stereocenters. The predicted molar refractivity (Wildman–Crippen MR) is 56.3 cm³/mol. The van der Waals surface area contributed by atoms with E-state index in [9.17, 15) is 4.39 Å². The fourth-order valence-electron chi connectivity index (χ4n) is 1.21. The van der Waals surface area contributed by atoms with E-state index < -0.39 is 5.82 Å². The van der Waals surface area contributed by atoms with E-state index in [4.69, 9.17) is 16.7 Å². The molecule has 0 spiro atoms. The van der Waals surface area contributed by atoms with E-state index in [2.05, 4.69) is 4.98 Å². The number of phenols is 1. The van der Waals surface area contributed by atoms with Crippen LogP contribution in [-0.4, -0.2) is 10.1 Å². The molecular formula is C11H7ClFNO. The van der Waals surface area contributed by atoms with Crippen molar-refractivity contribution in [1.82, 2.24) is 4.98 Å². The summed E-state index contributed by atoms with van der Waals surface area (Å²) in [6.45, 7) is 0. The Kier molecular flexibility index (Phi) is 2.56. The lowest BCUT2D eigenvalue weighted by atomic mass is 10.1. The average molecular weight is 224 g/mol. The molecule has 2 rings (SSSR count). The summed E-state index contributed by atoms with van der Waals surface area (Å²) in [6.07, 6.45) is 1.49. The zero-order chi connectivity index (χ0) is 10.8. The molecule has 1 aromatic heterocycles. The van der Waals surface area contributed by atoms with E-state index in [-0.39, 0.29) is 5.75 Å². The van der Waals surface area contributed by atoms with Gasteiger partial charge in [0.15, 0.2) is 11.6 Å². The summed E-state index contributed by atoms with van der Waals surface area (Å²) < 4.78 is 13.0. The molecule has 1 heterocycles. The summed E-state index contributed by atoms with van der Waals surface area (Å²) in [6, 6.07) is 7.48. The molecule has 0 saturated heterocycles. The van der Waals surface area contributed by atoms with E-state index in [0.29, 0.717) is 16.3 Å². The first kappa shape index (κ1) is 9.93. The monoisotopic (exact) mass is 223 g/mol. The van der Waals surface area contributed by atoms with Crippen LogP contribution in [0.4, 0.5) is 4.39 Å². The van der Waals surface area contributed by atoms with Gasteiger partial charge in [-0.1, -0.05) is 11.6 Å². The predicted octanol–water partition coefficient (Wildman–Crippen LogP) is 3.25. The summed E-state index contributed by atoms with van der Waals surface area (Å²) in [4.78, 5) is 4.04. The van der Waals surface area contributed by atoms with E-state index in [0.717, 1.165) is 0 Å². The van der Waals surface area contributed by atoms with Crippen molar-refractivity contribution in [3.05, 3.63) is 47.4 Å². The van der Waals surface area contributed by atoms with Crippen molar-refractivity contribution < 1.29 is 9.50 Å². The van der Waals surface area contributed by atoms with E-state index >= 15 is 0 Å². The van der Waals surface area contributed by atoms with Crippen LogP contribution in [0.2, 0.25) is 5.02 Å². The molecule has 1 aromatic carbocycles. The minimum Gasteiger partial charge on any atom is -0.505 e. The zero-order valence-corrected chi connectivity index (χ0v) is 8.37. The van der Waals surface area contributed by atoms with Crippen LogP contribution in [0.5, 0.6) is 5.75 Å². The Bertz CT molecular complexity index is 484. The molecule has 0 saturated carbocycles. The number of pyridine rings is 1. The Morgan fingerprint density at radius 1 is 1.20 bits per heavy atom. The molecular weight excluding hydrogens is 217 g/mol.